The molecule has 19 heavy (non-hydrogen) atoms. The quantitative estimate of drug-likeness (QED) is 0.903. The average Bonchev–Trinajstić information content (AvgIpc) is 2.38. The lowest BCUT2D eigenvalue weighted by Crippen LogP contribution is -2.40. The normalized spacial score (nSPS) is 11.8. The predicted octanol–water partition coefficient (Wildman–Crippen LogP) is 1.52. The molecule has 0 spiro atoms. The number of nitrogens with zero attached hydrogens (tertiary/aromatic N) is 1. The number of methoxy groups -OCH3 is 1. The fraction of sp³-hybridized carbons (Fsp3) is 0.333. The molecule has 0 heterocycles. The average molecular weight is 273 g/mol. The summed E-state index contributed by atoms with van der Waals surface area (Å²) in [6, 6.07) is 0.426. The minimum Gasteiger partial charge on any atom is -0.493 e. The molecule has 1 amide bonds. The largest absolute Gasteiger partial charge is 0.493 e. The number of amides is 1. The highest BCUT2D eigenvalue weighted by Crippen LogP contribution is 2.26. The molecule has 7 heteroatoms. The van der Waals surface area contributed by atoms with Crippen molar-refractivity contribution in [1.82, 2.24) is 4.90 Å². The van der Waals surface area contributed by atoms with E-state index in [0.29, 0.717) is 0 Å². The van der Waals surface area contributed by atoms with Gasteiger partial charge in [0.15, 0.2) is 11.6 Å². The molecule has 0 aliphatic heterocycles. The van der Waals surface area contributed by atoms with Gasteiger partial charge in [-0.15, -0.1) is 0 Å². The van der Waals surface area contributed by atoms with Gasteiger partial charge in [-0.25, -0.2) is 13.6 Å². The van der Waals surface area contributed by atoms with Crippen molar-refractivity contribution in [2.45, 2.75) is 13.0 Å². The molecule has 1 atom stereocenters. The second-order valence-electron chi connectivity index (χ2n) is 3.87. The Kier molecular flexibility index (Phi) is 4.42. The highest BCUT2D eigenvalue weighted by Gasteiger charge is 2.29. The van der Waals surface area contributed by atoms with Crippen LogP contribution in [-0.4, -0.2) is 42.1 Å². The molecular weight excluding hydrogens is 260 g/mol. The van der Waals surface area contributed by atoms with E-state index >= 15 is 0 Å². The van der Waals surface area contributed by atoms with Crippen molar-refractivity contribution in [3.63, 3.8) is 0 Å². The van der Waals surface area contributed by atoms with Crippen LogP contribution < -0.4 is 4.74 Å². The van der Waals surface area contributed by atoms with Gasteiger partial charge in [-0.05, 0) is 19.1 Å². The van der Waals surface area contributed by atoms with Gasteiger partial charge in [-0.3, -0.25) is 4.79 Å². The van der Waals surface area contributed by atoms with E-state index in [1.165, 1.54) is 14.0 Å². The van der Waals surface area contributed by atoms with Gasteiger partial charge in [0.25, 0.3) is 5.91 Å². The Labute approximate surface area is 108 Å². The summed E-state index contributed by atoms with van der Waals surface area (Å²) in [7, 11) is 2.28. The lowest BCUT2D eigenvalue weighted by atomic mass is 10.1. The lowest BCUT2D eigenvalue weighted by molar-refractivity contribution is -0.141. The van der Waals surface area contributed by atoms with E-state index in [2.05, 4.69) is 4.74 Å². The molecule has 0 aliphatic carbocycles. The molecule has 1 aromatic carbocycles. The summed E-state index contributed by atoms with van der Waals surface area (Å²) in [6.07, 6.45) is 0. The Hall–Kier alpha value is -2.18. The first kappa shape index (κ1) is 14.9. The second-order valence-corrected chi connectivity index (χ2v) is 3.87. The van der Waals surface area contributed by atoms with Gasteiger partial charge >= 0.3 is 5.97 Å². The number of benzene rings is 1. The molecule has 1 unspecified atom stereocenters. The molecule has 5 nitrogen and oxygen atoms in total. The third-order valence-electron chi connectivity index (χ3n) is 2.74. The Balaban J connectivity index is 3.26. The number of halogens is 2. The zero-order chi connectivity index (χ0) is 14.7. The van der Waals surface area contributed by atoms with Crippen LogP contribution in [0.3, 0.4) is 0 Å². The number of hydrogen-bond donors (Lipinski definition) is 1. The smallest absolute Gasteiger partial charge is 0.326 e. The maximum absolute atomic E-state index is 13.7. The lowest BCUT2D eigenvalue weighted by Gasteiger charge is -2.22. The summed E-state index contributed by atoms with van der Waals surface area (Å²) in [6.45, 7) is 1.25. The van der Waals surface area contributed by atoms with E-state index in [-0.39, 0.29) is 0 Å². The van der Waals surface area contributed by atoms with E-state index in [1.54, 1.807) is 0 Å². The van der Waals surface area contributed by atoms with Crippen molar-refractivity contribution in [2.75, 3.05) is 14.2 Å². The fourth-order valence-corrected chi connectivity index (χ4v) is 1.45. The summed E-state index contributed by atoms with van der Waals surface area (Å²) in [5.74, 6) is -4.65. The van der Waals surface area contributed by atoms with Crippen LogP contribution in [0, 0.1) is 11.6 Å². The molecule has 0 saturated carbocycles. The first-order valence-corrected chi connectivity index (χ1v) is 5.33. The van der Waals surface area contributed by atoms with E-state index in [4.69, 9.17) is 5.11 Å². The molecule has 0 saturated heterocycles. The molecule has 0 bridgehead atoms. The van der Waals surface area contributed by atoms with Gasteiger partial charge in [0, 0.05) is 7.05 Å². The summed E-state index contributed by atoms with van der Waals surface area (Å²) >= 11 is 0. The second kappa shape index (κ2) is 5.64. The van der Waals surface area contributed by atoms with Gasteiger partial charge < -0.3 is 14.7 Å². The van der Waals surface area contributed by atoms with Gasteiger partial charge in [0.05, 0.1) is 7.11 Å². The Morgan fingerprint density at radius 2 is 1.84 bits per heavy atom. The first-order valence-electron chi connectivity index (χ1n) is 5.33. The van der Waals surface area contributed by atoms with Crippen LogP contribution in [0.4, 0.5) is 8.78 Å². The highest BCUT2D eigenvalue weighted by atomic mass is 19.1. The SMILES string of the molecule is COc1c(F)ccc(F)c1C(=O)N(C)C(C)C(=O)O. The number of likely N-dealkylation sites (N-methyl/N-ethyl adjacent to an activating group) is 1. The summed E-state index contributed by atoms with van der Waals surface area (Å²) < 4.78 is 31.7. The standard InChI is InChI=1S/C12H13F2NO4/c1-6(12(17)18)15(2)11(16)9-7(13)4-5-8(14)10(9)19-3/h4-6H,1-3H3,(H,17,18). The number of carboxylic acid groups (broad SMARTS) is 1. The van der Waals surface area contributed by atoms with Crippen molar-refractivity contribution >= 4 is 11.9 Å². The molecule has 0 aromatic heterocycles. The molecule has 104 valence electrons. The first-order chi connectivity index (χ1) is 8.81. The summed E-state index contributed by atoms with van der Waals surface area (Å²) in [5.41, 5.74) is -0.627. The van der Waals surface area contributed by atoms with Crippen LogP contribution in [-0.2, 0) is 4.79 Å². The fourth-order valence-electron chi connectivity index (χ4n) is 1.45. The third kappa shape index (κ3) is 2.81. The number of carboxylic acids is 1. The Bertz CT molecular complexity index is 519. The monoisotopic (exact) mass is 273 g/mol. The number of hydrogen-bond acceptors (Lipinski definition) is 3. The maximum atomic E-state index is 13.7. The van der Waals surface area contributed by atoms with E-state index in [0.717, 1.165) is 24.1 Å². The summed E-state index contributed by atoms with van der Waals surface area (Å²) in [5, 5.41) is 8.81. The van der Waals surface area contributed by atoms with Crippen LogP contribution in [0.15, 0.2) is 12.1 Å². The third-order valence-corrected chi connectivity index (χ3v) is 2.74. The minimum atomic E-state index is -1.26. The van der Waals surface area contributed by atoms with Crippen molar-refractivity contribution in [3.8, 4) is 5.75 Å². The van der Waals surface area contributed by atoms with Crippen molar-refractivity contribution in [3.05, 3.63) is 29.3 Å². The molecule has 0 aliphatic rings. The van der Waals surface area contributed by atoms with Crippen molar-refractivity contribution in [2.24, 2.45) is 0 Å². The number of aliphatic carboxylic acids is 1. The van der Waals surface area contributed by atoms with Crippen LogP contribution in [0.2, 0.25) is 0 Å². The number of ether oxygens (including phenoxy) is 1. The topological polar surface area (TPSA) is 66.8 Å². The van der Waals surface area contributed by atoms with Crippen LogP contribution in [0.25, 0.3) is 0 Å². The number of carbonyl (C=O) groups is 2. The summed E-state index contributed by atoms with van der Waals surface area (Å²) in [4.78, 5) is 23.6. The minimum absolute atomic E-state index is 0.547. The number of carbonyl (C=O) groups excluding carboxylic acids is 1. The maximum Gasteiger partial charge on any atom is 0.326 e. The van der Waals surface area contributed by atoms with Gasteiger partial charge in [-0.2, -0.15) is 0 Å². The molecular formula is C12H13F2NO4. The molecule has 1 rings (SSSR count). The van der Waals surface area contributed by atoms with Crippen LogP contribution in [0.5, 0.6) is 5.75 Å². The number of rotatable bonds is 4. The predicted molar refractivity (Wildman–Crippen MR) is 62.1 cm³/mol. The Morgan fingerprint density at radius 3 is 2.32 bits per heavy atom. The van der Waals surface area contributed by atoms with E-state index in [1.807, 2.05) is 0 Å². The molecule has 1 aromatic rings. The van der Waals surface area contributed by atoms with Gasteiger partial charge in [0.1, 0.15) is 17.4 Å². The van der Waals surface area contributed by atoms with Gasteiger partial charge in [-0.1, -0.05) is 0 Å². The van der Waals surface area contributed by atoms with Gasteiger partial charge in [0.2, 0.25) is 0 Å². The molecule has 0 radical (unpaired) electrons. The van der Waals surface area contributed by atoms with Crippen LogP contribution in [0.1, 0.15) is 17.3 Å². The highest BCUT2D eigenvalue weighted by molar-refractivity contribution is 5.99. The zero-order valence-corrected chi connectivity index (χ0v) is 10.6. The van der Waals surface area contributed by atoms with E-state index < -0.39 is 40.9 Å². The molecule has 1 N–H and O–H groups in total. The van der Waals surface area contributed by atoms with Crippen molar-refractivity contribution in [1.29, 1.82) is 0 Å². The Morgan fingerprint density at radius 1 is 1.32 bits per heavy atom. The molecule has 0 fully saturated rings. The zero-order valence-electron chi connectivity index (χ0n) is 10.6. The van der Waals surface area contributed by atoms with Crippen LogP contribution >= 0.6 is 0 Å². The van der Waals surface area contributed by atoms with E-state index in [9.17, 15) is 18.4 Å². The van der Waals surface area contributed by atoms with Crippen molar-refractivity contribution < 1.29 is 28.2 Å².